The first kappa shape index (κ1) is 14.7. The second-order valence-corrected chi connectivity index (χ2v) is 6.31. The van der Waals surface area contributed by atoms with Gasteiger partial charge in [-0.15, -0.1) is 5.10 Å². The highest BCUT2D eigenvalue weighted by Gasteiger charge is 2.13. The van der Waals surface area contributed by atoms with Gasteiger partial charge in [0.25, 0.3) is 0 Å². The molecule has 0 radical (unpaired) electrons. The minimum absolute atomic E-state index is 0.163. The molecule has 8 heteroatoms. The molecule has 0 aliphatic carbocycles. The first-order chi connectivity index (χ1) is 11.5. The first-order valence-corrected chi connectivity index (χ1v) is 7.92. The van der Waals surface area contributed by atoms with Crippen LogP contribution in [0.3, 0.4) is 0 Å². The van der Waals surface area contributed by atoms with Crippen LogP contribution in [0.4, 0.5) is 5.95 Å². The number of nitrogens with zero attached hydrogens (tertiary/aromatic N) is 4. The zero-order valence-corrected chi connectivity index (χ0v) is 13.9. The molecule has 2 aromatic carbocycles. The summed E-state index contributed by atoms with van der Waals surface area (Å²) in [5.74, 6) is 0.460. The van der Waals surface area contributed by atoms with Crippen LogP contribution in [-0.2, 0) is 6.42 Å². The van der Waals surface area contributed by atoms with Crippen LogP contribution in [0.5, 0.6) is 11.5 Å². The Bertz CT molecular complexity index is 1090. The normalized spacial score (nSPS) is 11.4. The summed E-state index contributed by atoms with van der Waals surface area (Å²) in [6, 6.07) is 10.4. The molecule has 0 amide bonds. The van der Waals surface area contributed by atoms with Gasteiger partial charge in [-0.05, 0) is 35.9 Å². The van der Waals surface area contributed by atoms with Crippen LogP contribution in [0, 0.1) is 0 Å². The van der Waals surface area contributed by atoms with Gasteiger partial charge < -0.3 is 15.9 Å². The van der Waals surface area contributed by atoms with Crippen molar-refractivity contribution in [3.63, 3.8) is 0 Å². The summed E-state index contributed by atoms with van der Waals surface area (Å²) in [5.41, 5.74) is 7.94. The molecule has 0 atom stereocenters. The standard InChI is InChI=1S/C16H12BrN5O2/c17-9-2-3-10-11(7-9)19-14(22-15(10)20-16(18)21-22)6-8-1-4-12(23)13(24)5-8/h1-5,7,23-24H,6H2,(H2,18,21). The highest BCUT2D eigenvalue weighted by atomic mass is 79.9. The molecule has 4 rings (SSSR count). The third kappa shape index (κ3) is 2.41. The Morgan fingerprint density at radius 3 is 2.67 bits per heavy atom. The minimum Gasteiger partial charge on any atom is -0.504 e. The summed E-state index contributed by atoms with van der Waals surface area (Å²) >= 11 is 3.44. The van der Waals surface area contributed by atoms with Gasteiger partial charge in [-0.3, -0.25) is 0 Å². The van der Waals surface area contributed by atoms with Crippen molar-refractivity contribution in [2.24, 2.45) is 0 Å². The third-order valence-electron chi connectivity index (χ3n) is 3.72. The maximum absolute atomic E-state index is 9.67. The van der Waals surface area contributed by atoms with Crippen molar-refractivity contribution in [3.05, 3.63) is 52.3 Å². The van der Waals surface area contributed by atoms with E-state index in [2.05, 4.69) is 31.0 Å². The number of halogens is 1. The Morgan fingerprint density at radius 1 is 1.04 bits per heavy atom. The molecular formula is C16H12BrN5O2. The molecule has 2 heterocycles. The van der Waals surface area contributed by atoms with E-state index in [-0.39, 0.29) is 17.4 Å². The number of hydrogen-bond donors (Lipinski definition) is 3. The molecule has 0 spiro atoms. The quantitative estimate of drug-likeness (QED) is 0.457. The fourth-order valence-electron chi connectivity index (χ4n) is 2.63. The zero-order valence-electron chi connectivity index (χ0n) is 12.3. The fourth-order valence-corrected chi connectivity index (χ4v) is 2.98. The smallest absolute Gasteiger partial charge is 0.240 e. The third-order valence-corrected chi connectivity index (χ3v) is 4.21. The van der Waals surface area contributed by atoms with Crippen molar-refractivity contribution in [1.29, 1.82) is 0 Å². The van der Waals surface area contributed by atoms with E-state index in [1.807, 2.05) is 18.2 Å². The largest absolute Gasteiger partial charge is 0.504 e. The van der Waals surface area contributed by atoms with Crippen LogP contribution in [0.1, 0.15) is 11.4 Å². The molecule has 0 aliphatic rings. The van der Waals surface area contributed by atoms with Gasteiger partial charge in [0.2, 0.25) is 5.95 Å². The van der Waals surface area contributed by atoms with Crippen molar-refractivity contribution in [2.45, 2.75) is 6.42 Å². The fraction of sp³-hybridized carbons (Fsp3) is 0.0625. The van der Waals surface area contributed by atoms with Gasteiger partial charge in [-0.25, -0.2) is 4.98 Å². The lowest BCUT2D eigenvalue weighted by molar-refractivity contribution is 0.403. The van der Waals surface area contributed by atoms with E-state index in [1.165, 1.54) is 12.1 Å². The van der Waals surface area contributed by atoms with E-state index in [1.54, 1.807) is 10.6 Å². The summed E-state index contributed by atoms with van der Waals surface area (Å²) in [7, 11) is 0. The van der Waals surface area contributed by atoms with E-state index in [0.717, 1.165) is 20.9 Å². The molecule has 0 unspecified atom stereocenters. The van der Waals surface area contributed by atoms with E-state index in [0.29, 0.717) is 17.9 Å². The van der Waals surface area contributed by atoms with Gasteiger partial charge in [0.1, 0.15) is 5.82 Å². The summed E-state index contributed by atoms with van der Waals surface area (Å²) in [6.07, 6.45) is 0.398. The van der Waals surface area contributed by atoms with Gasteiger partial charge in [-0.1, -0.05) is 22.0 Å². The van der Waals surface area contributed by atoms with Gasteiger partial charge in [0.15, 0.2) is 17.1 Å². The molecule has 0 aliphatic heterocycles. The van der Waals surface area contributed by atoms with E-state index in [4.69, 9.17) is 5.73 Å². The van der Waals surface area contributed by atoms with Crippen LogP contribution >= 0.6 is 15.9 Å². The van der Waals surface area contributed by atoms with E-state index >= 15 is 0 Å². The number of nitrogens with two attached hydrogens (primary N) is 1. The predicted octanol–water partition coefficient (Wildman–Crippen LogP) is 2.62. The lowest BCUT2D eigenvalue weighted by atomic mass is 10.1. The molecule has 7 nitrogen and oxygen atoms in total. The van der Waals surface area contributed by atoms with Crippen LogP contribution in [0.25, 0.3) is 16.6 Å². The van der Waals surface area contributed by atoms with E-state index in [9.17, 15) is 10.2 Å². The number of benzene rings is 2. The lowest BCUT2D eigenvalue weighted by Gasteiger charge is -2.08. The predicted molar refractivity (Wildman–Crippen MR) is 93.0 cm³/mol. The van der Waals surface area contributed by atoms with Crippen molar-refractivity contribution < 1.29 is 10.2 Å². The number of nitrogen functional groups attached to an aromatic ring is 1. The van der Waals surface area contributed by atoms with Crippen LogP contribution in [0.15, 0.2) is 40.9 Å². The molecule has 4 aromatic rings. The maximum Gasteiger partial charge on any atom is 0.240 e. The van der Waals surface area contributed by atoms with Crippen LogP contribution in [-0.4, -0.2) is 29.8 Å². The number of phenols is 2. The van der Waals surface area contributed by atoms with Crippen molar-refractivity contribution in [2.75, 3.05) is 5.73 Å². The Labute approximate surface area is 144 Å². The summed E-state index contributed by atoms with van der Waals surface area (Å²) in [4.78, 5) is 8.95. The molecule has 0 fully saturated rings. The maximum atomic E-state index is 9.67. The van der Waals surface area contributed by atoms with E-state index < -0.39 is 0 Å². The number of hydrogen-bond acceptors (Lipinski definition) is 6. The summed E-state index contributed by atoms with van der Waals surface area (Å²) < 4.78 is 2.52. The minimum atomic E-state index is -0.176. The SMILES string of the molecule is Nc1nc2c3ccc(Br)cc3nc(Cc3ccc(O)c(O)c3)n2n1. The Morgan fingerprint density at radius 2 is 1.88 bits per heavy atom. The summed E-state index contributed by atoms with van der Waals surface area (Å²) in [5, 5.41) is 24.2. The van der Waals surface area contributed by atoms with Gasteiger partial charge in [-0.2, -0.15) is 9.50 Å². The number of fused-ring (bicyclic) bond motifs is 3. The number of aromatic hydroxyl groups is 2. The average Bonchev–Trinajstić information content (AvgIpc) is 2.93. The van der Waals surface area contributed by atoms with Gasteiger partial charge in [0, 0.05) is 16.3 Å². The second-order valence-electron chi connectivity index (χ2n) is 5.39. The van der Waals surface area contributed by atoms with Crippen LogP contribution in [0.2, 0.25) is 0 Å². The molecule has 0 bridgehead atoms. The highest BCUT2D eigenvalue weighted by Crippen LogP contribution is 2.27. The van der Waals surface area contributed by atoms with Crippen molar-refractivity contribution >= 4 is 38.4 Å². The molecule has 120 valence electrons. The second kappa shape index (κ2) is 5.34. The topological polar surface area (TPSA) is 110 Å². The average molecular weight is 386 g/mol. The zero-order chi connectivity index (χ0) is 16.8. The number of aromatic nitrogens is 4. The molecule has 4 N–H and O–H groups in total. The molecular weight excluding hydrogens is 374 g/mol. The Balaban J connectivity index is 1.93. The Kier molecular flexibility index (Phi) is 3.27. The molecule has 0 saturated heterocycles. The van der Waals surface area contributed by atoms with Crippen molar-refractivity contribution in [1.82, 2.24) is 19.6 Å². The first-order valence-electron chi connectivity index (χ1n) is 7.12. The summed E-state index contributed by atoms with van der Waals surface area (Å²) in [6.45, 7) is 0. The monoisotopic (exact) mass is 385 g/mol. The van der Waals surface area contributed by atoms with Crippen LogP contribution < -0.4 is 5.73 Å². The molecule has 0 saturated carbocycles. The van der Waals surface area contributed by atoms with Crippen molar-refractivity contribution in [3.8, 4) is 11.5 Å². The number of phenolic OH excluding ortho intramolecular Hbond substituents is 2. The molecule has 24 heavy (non-hydrogen) atoms. The lowest BCUT2D eigenvalue weighted by Crippen LogP contribution is -2.05. The van der Waals surface area contributed by atoms with Gasteiger partial charge in [0.05, 0.1) is 5.52 Å². The Hall–Kier alpha value is -2.87. The highest BCUT2D eigenvalue weighted by molar-refractivity contribution is 9.10. The molecule has 2 aromatic heterocycles. The number of rotatable bonds is 2. The number of anilines is 1. The van der Waals surface area contributed by atoms with Gasteiger partial charge >= 0.3 is 0 Å².